The summed E-state index contributed by atoms with van der Waals surface area (Å²) in [6.07, 6.45) is 4.16. The van der Waals surface area contributed by atoms with Gasteiger partial charge in [-0.05, 0) is 12.5 Å². The lowest BCUT2D eigenvalue weighted by molar-refractivity contribution is -0.130. The smallest absolute Gasteiger partial charge is 0.328 e. The fourth-order valence-electron chi connectivity index (χ4n) is 3.17. The van der Waals surface area contributed by atoms with Crippen molar-refractivity contribution in [2.45, 2.75) is 19.0 Å². The first-order chi connectivity index (χ1) is 12.1. The van der Waals surface area contributed by atoms with Crippen LogP contribution in [0.25, 0.3) is 10.9 Å². The molecule has 1 saturated heterocycles. The minimum absolute atomic E-state index is 0.0799. The second-order valence-electron chi connectivity index (χ2n) is 6.19. The quantitative estimate of drug-likeness (QED) is 0.746. The number of amides is 1. The standard InChI is InChI=1S/C17H17N5O3/c23-15-6-8-21(17(25)18-15)11-16(24)20-7-5-13(10-20)22-9-12-3-1-2-4-14(12)19-22/h1-4,6,8-9,13H,5,7,10-11H2,(H,18,23,25). The topological polar surface area (TPSA) is 93.0 Å². The van der Waals surface area contributed by atoms with Crippen LogP contribution in [-0.4, -0.2) is 43.2 Å². The zero-order valence-electron chi connectivity index (χ0n) is 13.5. The molecule has 0 bridgehead atoms. The van der Waals surface area contributed by atoms with Crippen molar-refractivity contribution in [1.29, 1.82) is 0 Å². The Morgan fingerprint density at radius 1 is 1.24 bits per heavy atom. The Kier molecular flexibility index (Phi) is 3.72. The Bertz CT molecular complexity index is 1010. The number of fused-ring (bicyclic) bond motifs is 1. The van der Waals surface area contributed by atoms with Crippen molar-refractivity contribution in [2.24, 2.45) is 0 Å². The van der Waals surface area contributed by atoms with E-state index in [-0.39, 0.29) is 18.5 Å². The van der Waals surface area contributed by atoms with Gasteiger partial charge in [0.15, 0.2) is 0 Å². The number of benzene rings is 1. The van der Waals surface area contributed by atoms with E-state index in [2.05, 4.69) is 10.1 Å². The highest BCUT2D eigenvalue weighted by atomic mass is 16.2. The fraction of sp³-hybridized carbons (Fsp3) is 0.294. The minimum atomic E-state index is -0.574. The molecule has 8 nitrogen and oxygen atoms in total. The van der Waals surface area contributed by atoms with E-state index in [0.29, 0.717) is 13.1 Å². The second-order valence-corrected chi connectivity index (χ2v) is 6.19. The monoisotopic (exact) mass is 339 g/mol. The summed E-state index contributed by atoms with van der Waals surface area (Å²) in [4.78, 5) is 39.1. The molecule has 0 aliphatic carbocycles. The fourth-order valence-corrected chi connectivity index (χ4v) is 3.17. The third kappa shape index (κ3) is 2.98. The molecule has 0 saturated carbocycles. The molecule has 1 aliphatic rings. The third-order valence-electron chi connectivity index (χ3n) is 4.52. The Hall–Kier alpha value is -3.16. The maximum atomic E-state index is 12.4. The number of hydrogen-bond donors (Lipinski definition) is 1. The van der Waals surface area contributed by atoms with E-state index >= 15 is 0 Å². The van der Waals surface area contributed by atoms with Gasteiger partial charge >= 0.3 is 5.69 Å². The number of rotatable bonds is 3. The Morgan fingerprint density at radius 2 is 2.08 bits per heavy atom. The maximum Gasteiger partial charge on any atom is 0.328 e. The van der Waals surface area contributed by atoms with Crippen LogP contribution in [0.15, 0.2) is 52.3 Å². The zero-order chi connectivity index (χ0) is 17.4. The molecule has 25 heavy (non-hydrogen) atoms. The molecule has 0 spiro atoms. The second kappa shape index (κ2) is 6.04. The molecule has 128 valence electrons. The van der Waals surface area contributed by atoms with Crippen molar-refractivity contribution in [1.82, 2.24) is 24.2 Å². The van der Waals surface area contributed by atoms with E-state index in [9.17, 15) is 14.4 Å². The van der Waals surface area contributed by atoms with Crippen molar-refractivity contribution in [3.63, 3.8) is 0 Å². The summed E-state index contributed by atoms with van der Waals surface area (Å²) in [6.45, 7) is 1.10. The number of nitrogens with one attached hydrogen (secondary N) is 1. The van der Waals surface area contributed by atoms with E-state index in [0.717, 1.165) is 17.3 Å². The average molecular weight is 339 g/mol. The summed E-state index contributed by atoms with van der Waals surface area (Å²) in [7, 11) is 0. The molecule has 8 heteroatoms. The van der Waals surface area contributed by atoms with Crippen LogP contribution in [0.3, 0.4) is 0 Å². The largest absolute Gasteiger partial charge is 0.339 e. The average Bonchev–Trinajstić information content (AvgIpc) is 3.23. The molecule has 1 atom stereocenters. The molecular weight excluding hydrogens is 322 g/mol. The van der Waals surface area contributed by atoms with E-state index < -0.39 is 11.2 Å². The molecule has 4 rings (SSSR count). The van der Waals surface area contributed by atoms with Crippen LogP contribution in [0.1, 0.15) is 12.5 Å². The first-order valence-electron chi connectivity index (χ1n) is 8.11. The zero-order valence-corrected chi connectivity index (χ0v) is 13.5. The lowest BCUT2D eigenvalue weighted by atomic mass is 10.2. The Balaban J connectivity index is 1.47. The van der Waals surface area contributed by atoms with Gasteiger partial charge in [-0.25, -0.2) is 4.79 Å². The van der Waals surface area contributed by atoms with Crippen LogP contribution in [0.5, 0.6) is 0 Å². The van der Waals surface area contributed by atoms with Crippen LogP contribution in [0.2, 0.25) is 0 Å². The third-order valence-corrected chi connectivity index (χ3v) is 4.52. The maximum absolute atomic E-state index is 12.4. The van der Waals surface area contributed by atoms with Gasteiger partial charge in [-0.15, -0.1) is 0 Å². The normalized spacial score (nSPS) is 17.3. The van der Waals surface area contributed by atoms with Crippen LogP contribution < -0.4 is 11.2 Å². The van der Waals surface area contributed by atoms with Gasteiger partial charge in [-0.2, -0.15) is 5.10 Å². The molecule has 1 fully saturated rings. The molecular formula is C17H17N5O3. The summed E-state index contributed by atoms with van der Waals surface area (Å²) >= 11 is 0. The highest BCUT2D eigenvalue weighted by Crippen LogP contribution is 2.23. The minimum Gasteiger partial charge on any atom is -0.339 e. The van der Waals surface area contributed by atoms with Crippen molar-refractivity contribution in [2.75, 3.05) is 13.1 Å². The highest BCUT2D eigenvalue weighted by Gasteiger charge is 2.28. The number of carbonyl (C=O) groups excluding carboxylic acids is 1. The van der Waals surface area contributed by atoms with Gasteiger partial charge in [-0.3, -0.25) is 23.8 Å². The summed E-state index contributed by atoms with van der Waals surface area (Å²) in [5.41, 5.74) is -0.109. The van der Waals surface area contributed by atoms with Gasteiger partial charge < -0.3 is 4.90 Å². The van der Waals surface area contributed by atoms with Crippen molar-refractivity contribution < 1.29 is 4.79 Å². The summed E-state index contributed by atoms with van der Waals surface area (Å²) in [5, 5.41) is 5.66. The van der Waals surface area contributed by atoms with Gasteiger partial charge in [0, 0.05) is 36.9 Å². The molecule has 1 aliphatic heterocycles. The van der Waals surface area contributed by atoms with Crippen LogP contribution in [0, 0.1) is 0 Å². The van der Waals surface area contributed by atoms with Gasteiger partial charge in [0.2, 0.25) is 5.91 Å². The van der Waals surface area contributed by atoms with E-state index in [1.54, 1.807) is 4.90 Å². The molecule has 3 aromatic rings. The number of H-pyrrole nitrogens is 1. The van der Waals surface area contributed by atoms with E-state index in [1.165, 1.54) is 16.8 Å². The first-order valence-corrected chi connectivity index (χ1v) is 8.11. The molecule has 3 heterocycles. The Morgan fingerprint density at radius 3 is 2.88 bits per heavy atom. The van der Waals surface area contributed by atoms with Crippen molar-refractivity contribution >= 4 is 16.8 Å². The number of likely N-dealkylation sites (tertiary alicyclic amines) is 1. The molecule has 1 aromatic carbocycles. The summed E-state index contributed by atoms with van der Waals surface area (Å²) in [5.74, 6) is -0.145. The summed E-state index contributed by atoms with van der Waals surface area (Å²) in [6, 6.07) is 9.26. The SMILES string of the molecule is O=C(Cn1ccc(=O)[nH]c1=O)N1CCC(n2cc3ccccc3n2)C1. The number of nitrogens with zero attached hydrogens (tertiary/aromatic N) is 4. The molecule has 1 amide bonds. The van der Waals surface area contributed by atoms with Gasteiger partial charge in [0.1, 0.15) is 6.54 Å². The number of aromatic amines is 1. The van der Waals surface area contributed by atoms with Crippen molar-refractivity contribution in [3.8, 4) is 0 Å². The lowest BCUT2D eigenvalue weighted by Crippen LogP contribution is -2.37. The first kappa shape index (κ1) is 15.4. The highest BCUT2D eigenvalue weighted by molar-refractivity contribution is 5.78. The predicted molar refractivity (Wildman–Crippen MR) is 91.3 cm³/mol. The number of carbonyl (C=O) groups is 1. The molecule has 1 unspecified atom stereocenters. The van der Waals surface area contributed by atoms with Gasteiger partial charge in [-0.1, -0.05) is 18.2 Å². The van der Waals surface area contributed by atoms with E-state index in [4.69, 9.17) is 0 Å². The van der Waals surface area contributed by atoms with Crippen LogP contribution >= 0.6 is 0 Å². The van der Waals surface area contributed by atoms with Gasteiger partial charge in [0.25, 0.3) is 5.56 Å². The lowest BCUT2D eigenvalue weighted by Gasteiger charge is -2.17. The Labute approximate surface area is 142 Å². The van der Waals surface area contributed by atoms with Crippen LogP contribution in [0.4, 0.5) is 0 Å². The van der Waals surface area contributed by atoms with Gasteiger partial charge in [0.05, 0.1) is 11.6 Å². The molecule has 1 N–H and O–H groups in total. The van der Waals surface area contributed by atoms with Crippen LogP contribution in [-0.2, 0) is 11.3 Å². The molecule has 2 aromatic heterocycles. The number of hydrogen-bond acceptors (Lipinski definition) is 4. The predicted octanol–water partition coefficient (Wildman–Crippen LogP) is 0.360. The molecule has 0 radical (unpaired) electrons. The summed E-state index contributed by atoms with van der Waals surface area (Å²) < 4.78 is 3.13. The number of aromatic nitrogens is 4. The van der Waals surface area contributed by atoms with Crippen molar-refractivity contribution in [3.05, 3.63) is 63.6 Å². The van der Waals surface area contributed by atoms with E-state index in [1.807, 2.05) is 35.1 Å².